The number of aromatic nitrogens is 5. The highest BCUT2D eigenvalue weighted by atomic mass is 16.5. The van der Waals surface area contributed by atoms with E-state index in [1.165, 1.54) is 26.5 Å². The summed E-state index contributed by atoms with van der Waals surface area (Å²) in [5, 5.41) is 13.6. The number of pyridine rings is 1. The first-order valence-corrected chi connectivity index (χ1v) is 11.5. The van der Waals surface area contributed by atoms with Crippen LogP contribution in [-0.4, -0.2) is 55.7 Å². The first-order valence-electron chi connectivity index (χ1n) is 11.5. The number of carboxylic acid groups (broad SMARTS) is 1. The van der Waals surface area contributed by atoms with Gasteiger partial charge in [-0.05, 0) is 30.7 Å². The van der Waals surface area contributed by atoms with E-state index in [1.807, 2.05) is 13.0 Å². The van der Waals surface area contributed by atoms with E-state index in [0.717, 1.165) is 5.56 Å². The Morgan fingerprint density at radius 1 is 1.03 bits per heavy atom. The van der Waals surface area contributed by atoms with Crippen LogP contribution in [0.2, 0.25) is 0 Å². The number of imidazole rings is 1. The largest absolute Gasteiger partial charge is 0.480 e. The monoisotopic (exact) mass is 513 g/mol. The minimum atomic E-state index is -1.09. The van der Waals surface area contributed by atoms with Gasteiger partial charge in [-0.2, -0.15) is 4.98 Å². The van der Waals surface area contributed by atoms with Crippen LogP contribution < -0.4 is 20.5 Å². The van der Waals surface area contributed by atoms with Crippen LogP contribution in [0, 0.1) is 0 Å². The topological polar surface area (TPSA) is 167 Å². The third kappa shape index (κ3) is 4.17. The molecule has 5 aromatic rings. The van der Waals surface area contributed by atoms with E-state index in [-0.39, 0.29) is 17.1 Å². The Morgan fingerprint density at radius 2 is 1.84 bits per heavy atom. The number of rotatable bonds is 8. The van der Waals surface area contributed by atoms with E-state index < -0.39 is 11.9 Å². The molecule has 2 aromatic carbocycles. The summed E-state index contributed by atoms with van der Waals surface area (Å²) in [5.41, 5.74) is 9.61. The average molecular weight is 514 g/mol. The Balaban J connectivity index is 1.65. The van der Waals surface area contributed by atoms with E-state index in [4.69, 9.17) is 15.2 Å². The van der Waals surface area contributed by atoms with Crippen LogP contribution >= 0.6 is 0 Å². The molecule has 0 bridgehead atoms. The summed E-state index contributed by atoms with van der Waals surface area (Å²) in [6, 6.07) is 8.78. The Morgan fingerprint density at radius 3 is 2.53 bits per heavy atom. The van der Waals surface area contributed by atoms with Crippen molar-refractivity contribution in [1.82, 2.24) is 24.5 Å². The number of nitrogens with zero attached hydrogens (tertiary/aromatic N) is 5. The molecule has 12 nitrogen and oxygen atoms in total. The number of aryl methyl sites for hydroxylation is 1. The van der Waals surface area contributed by atoms with Gasteiger partial charge in [0.15, 0.2) is 0 Å². The lowest BCUT2D eigenvalue weighted by molar-refractivity contribution is 0.0698. The molecule has 0 saturated heterocycles. The number of amides is 1. The van der Waals surface area contributed by atoms with Crippen molar-refractivity contribution in [1.29, 1.82) is 0 Å². The molecule has 0 spiro atoms. The van der Waals surface area contributed by atoms with E-state index >= 15 is 0 Å². The van der Waals surface area contributed by atoms with Gasteiger partial charge in [-0.1, -0.05) is 12.1 Å². The number of carboxylic acids is 1. The molecule has 0 atom stereocenters. The number of primary amides is 1. The molecule has 192 valence electrons. The molecule has 12 heteroatoms. The molecule has 0 aliphatic rings. The molecule has 38 heavy (non-hydrogen) atoms. The summed E-state index contributed by atoms with van der Waals surface area (Å²) in [4.78, 5) is 41.5. The van der Waals surface area contributed by atoms with Crippen LogP contribution in [0.4, 0.5) is 11.4 Å². The smallest absolute Gasteiger partial charge is 0.337 e. The summed E-state index contributed by atoms with van der Waals surface area (Å²) in [7, 11) is 2.96. The highest BCUT2D eigenvalue weighted by Gasteiger charge is 2.19. The first kappa shape index (κ1) is 24.4. The van der Waals surface area contributed by atoms with Crippen molar-refractivity contribution in [2.24, 2.45) is 5.73 Å². The number of fused-ring (bicyclic) bond motifs is 2. The Bertz CT molecular complexity index is 1730. The zero-order chi connectivity index (χ0) is 27.0. The molecule has 0 aliphatic heterocycles. The SMILES string of the molecule is CCn1cnc2cc(Nc3c(C(N)=O)cnc4cc(-c5cnc(OC)nc5OC)ccc34)cc(C(=O)O)c21. The maximum absolute atomic E-state index is 12.3. The van der Waals surface area contributed by atoms with Crippen LogP contribution in [0.1, 0.15) is 27.6 Å². The lowest BCUT2D eigenvalue weighted by Gasteiger charge is -2.15. The van der Waals surface area contributed by atoms with Crippen molar-refractivity contribution in [3.05, 3.63) is 60.2 Å². The van der Waals surface area contributed by atoms with Gasteiger partial charge in [0, 0.05) is 30.0 Å². The van der Waals surface area contributed by atoms with Gasteiger partial charge in [0.1, 0.15) is 0 Å². The van der Waals surface area contributed by atoms with Gasteiger partial charge >= 0.3 is 12.0 Å². The molecule has 1 amide bonds. The Labute approximate surface area is 216 Å². The molecule has 4 N–H and O–H groups in total. The summed E-state index contributed by atoms with van der Waals surface area (Å²) in [6.45, 7) is 2.47. The lowest BCUT2D eigenvalue weighted by Crippen LogP contribution is -2.14. The fourth-order valence-corrected chi connectivity index (χ4v) is 4.31. The van der Waals surface area contributed by atoms with Gasteiger partial charge in [-0.15, -0.1) is 0 Å². The maximum Gasteiger partial charge on any atom is 0.337 e. The van der Waals surface area contributed by atoms with Gasteiger partial charge in [-0.3, -0.25) is 9.78 Å². The summed E-state index contributed by atoms with van der Waals surface area (Å²) < 4.78 is 12.2. The minimum Gasteiger partial charge on any atom is -0.480 e. The fraction of sp³-hybridized carbons (Fsp3) is 0.154. The molecule has 0 aliphatic carbocycles. The normalized spacial score (nSPS) is 11.0. The average Bonchev–Trinajstić information content (AvgIpc) is 3.34. The molecule has 0 fully saturated rings. The van der Waals surface area contributed by atoms with Crippen molar-refractivity contribution in [2.75, 3.05) is 19.5 Å². The quantitative estimate of drug-likeness (QED) is 0.279. The predicted molar refractivity (Wildman–Crippen MR) is 140 cm³/mol. The summed E-state index contributed by atoms with van der Waals surface area (Å²) >= 11 is 0. The number of carbonyl (C=O) groups excluding carboxylic acids is 1. The van der Waals surface area contributed by atoms with Crippen molar-refractivity contribution in [3.63, 3.8) is 0 Å². The zero-order valence-electron chi connectivity index (χ0n) is 20.7. The third-order valence-corrected chi connectivity index (χ3v) is 6.11. The van der Waals surface area contributed by atoms with E-state index in [1.54, 1.807) is 35.3 Å². The van der Waals surface area contributed by atoms with Crippen LogP contribution in [0.3, 0.4) is 0 Å². The standard InChI is InChI=1S/C26H23N7O5/c1-4-33-12-30-20-9-14(8-16(22(20)33)25(35)36)31-21-15-6-5-13(7-19(15)28-11-18(21)23(27)34)17-10-29-26(38-3)32-24(17)37-2/h5-12H,4H2,1-3H3,(H2,27,34)(H,28,31)(H,35,36). The number of anilines is 2. The van der Waals surface area contributed by atoms with Gasteiger partial charge in [0.2, 0.25) is 5.88 Å². The maximum atomic E-state index is 12.3. The number of aromatic carboxylic acids is 1. The molecule has 5 rings (SSSR count). The second-order valence-corrected chi connectivity index (χ2v) is 8.27. The molecule has 0 saturated carbocycles. The van der Waals surface area contributed by atoms with Gasteiger partial charge < -0.3 is 30.2 Å². The van der Waals surface area contributed by atoms with Gasteiger partial charge in [0.05, 0.1) is 59.5 Å². The Kier molecular flexibility index (Phi) is 6.21. The van der Waals surface area contributed by atoms with Crippen LogP contribution in [-0.2, 0) is 6.54 Å². The van der Waals surface area contributed by atoms with Crippen LogP contribution in [0.15, 0.2) is 49.1 Å². The highest BCUT2D eigenvalue weighted by Crippen LogP contribution is 2.35. The molecule has 0 radical (unpaired) electrons. The second kappa shape index (κ2) is 9.65. The van der Waals surface area contributed by atoms with Crippen molar-refractivity contribution < 1.29 is 24.2 Å². The van der Waals surface area contributed by atoms with Crippen molar-refractivity contribution in [2.45, 2.75) is 13.5 Å². The number of nitrogens with two attached hydrogens (primary N) is 1. The summed E-state index contributed by atoms with van der Waals surface area (Å²) in [6.07, 6.45) is 4.55. The molecule has 3 heterocycles. The number of ether oxygens (including phenoxy) is 2. The molecule has 0 unspecified atom stereocenters. The summed E-state index contributed by atoms with van der Waals surface area (Å²) in [5.74, 6) is -1.46. The fourth-order valence-electron chi connectivity index (χ4n) is 4.31. The third-order valence-electron chi connectivity index (χ3n) is 6.11. The highest BCUT2D eigenvalue weighted by molar-refractivity contribution is 6.09. The second-order valence-electron chi connectivity index (χ2n) is 8.27. The van der Waals surface area contributed by atoms with Crippen molar-refractivity contribution in [3.8, 4) is 23.0 Å². The number of nitrogens with one attached hydrogen (secondary N) is 1. The number of methoxy groups -OCH3 is 2. The lowest BCUT2D eigenvalue weighted by atomic mass is 10.0. The number of hydrogen-bond acceptors (Lipinski definition) is 9. The predicted octanol–water partition coefficient (Wildman–Crippen LogP) is 3.62. The zero-order valence-corrected chi connectivity index (χ0v) is 20.7. The first-order chi connectivity index (χ1) is 18.3. The van der Waals surface area contributed by atoms with E-state index in [0.29, 0.717) is 51.3 Å². The molecule has 3 aromatic heterocycles. The Hall–Kier alpha value is -5.26. The number of hydrogen-bond donors (Lipinski definition) is 3. The molecular weight excluding hydrogens is 490 g/mol. The number of benzene rings is 2. The molecular formula is C26H23N7O5. The van der Waals surface area contributed by atoms with Crippen molar-refractivity contribution >= 4 is 45.2 Å². The number of carbonyl (C=O) groups is 2. The van der Waals surface area contributed by atoms with Crippen LogP contribution in [0.25, 0.3) is 33.1 Å². The minimum absolute atomic E-state index is 0.0808. The van der Waals surface area contributed by atoms with E-state index in [2.05, 4.69) is 25.3 Å². The van der Waals surface area contributed by atoms with Crippen LogP contribution in [0.5, 0.6) is 11.9 Å². The van der Waals surface area contributed by atoms with Gasteiger partial charge in [-0.25, -0.2) is 14.8 Å². The van der Waals surface area contributed by atoms with Gasteiger partial charge in [0.25, 0.3) is 5.91 Å². The van der Waals surface area contributed by atoms with E-state index in [9.17, 15) is 14.7 Å².